The van der Waals surface area contributed by atoms with Crippen molar-refractivity contribution in [2.24, 2.45) is 5.16 Å². The molecule has 5 heteroatoms. The Morgan fingerprint density at radius 2 is 1.91 bits per heavy atom. The van der Waals surface area contributed by atoms with Gasteiger partial charge in [0.15, 0.2) is 6.61 Å². The molecule has 0 heterocycles. The van der Waals surface area contributed by atoms with E-state index in [1.54, 1.807) is 6.21 Å². The SMILES string of the molecule is C[C@@H](NC(=O)CO/N=C\c1ccccc1Br)c1ccccc1. The molecule has 0 aliphatic carbocycles. The summed E-state index contributed by atoms with van der Waals surface area (Å²) < 4.78 is 0.921. The summed E-state index contributed by atoms with van der Waals surface area (Å²) in [6, 6.07) is 17.3. The van der Waals surface area contributed by atoms with Gasteiger partial charge in [0.25, 0.3) is 5.91 Å². The Hall–Kier alpha value is -2.14. The largest absolute Gasteiger partial charge is 0.386 e. The molecule has 0 aromatic heterocycles. The predicted molar refractivity (Wildman–Crippen MR) is 90.7 cm³/mol. The highest BCUT2D eigenvalue weighted by molar-refractivity contribution is 9.10. The molecule has 2 aromatic carbocycles. The average molecular weight is 361 g/mol. The molecule has 0 aliphatic rings. The molecule has 4 nitrogen and oxygen atoms in total. The van der Waals surface area contributed by atoms with Gasteiger partial charge in [-0.3, -0.25) is 4.79 Å². The van der Waals surface area contributed by atoms with E-state index < -0.39 is 0 Å². The molecule has 114 valence electrons. The van der Waals surface area contributed by atoms with Crippen LogP contribution >= 0.6 is 15.9 Å². The summed E-state index contributed by atoms with van der Waals surface area (Å²) >= 11 is 3.41. The van der Waals surface area contributed by atoms with Crippen molar-refractivity contribution in [1.82, 2.24) is 5.32 Å². The average Bonchev–Trinajstić information content (AvgIpc) is 2.54. The molecule has 1 N–H and O–H groups in total. The number of oxime groups is 1. The third kappa shape index (κ3) is 5.00. The number of halogens is 1. The predicted octanol–water partition coefficient (Wildman–Crippen LogP) is 3.68. The van der Waals surface area contributed by atoms with Crippen molar-refractivity contribution in [3.8, 4) is 0 Å². The van der Waals surface area contributed by atoms with Crippen molar-refractivity contribution in [3.05, 3.63) is 70.2 Å². The van der Waals surface area contributed by atoms with E-state index >= 15 is 0 Å². The molecule has 22 heavy (non-hydrogen) atoms. The van der Waals surface area contributed by atoms with Gasteiger partial charge in [0.05, 0.1) is 12.3 Å². The number of hydrogen-bond donors (Lipinski definition) is 1. The van der Waals surface area contributed by atoms with Gasteiger partial charge in [-0.05, 0) is 18.6 Å². The topological polar surface area (TPSA) is 50.7 Å². The van der Waals surface area contributed by atoms with E-state index in [0.29, 0.717) is 0 Å². The highest BCUT2D eigenvalue weighted by Gasteiger charge is 2.09. The van der Waals surface area contributed by atoms with Crippen LogP contribution in [-0.4, -0.2) is 18.7 Å². The summed E-state index contributed by atoms with van der Waals surface area (Å²) in [6.45, 7) is 1.82. The normalized spacial score (nSPS) is 12.1. The highest BCUT2D eigenvalue weighted by Crippen LogP contribution is 2.13. The Labute approximate surface area is 138 Å². The molecule has 1 atom stereocenters. The third-order valence-electron chi connectivity index (χ3n) is 3.04. The second-order valence-corrected chi connectivity index (χ2v) is 5.58. The van der Waals surface area contributed by atoms with Crippen LogP contribution in [0.4, 0.5) is 0 Å². The molecule has 2 aromatic rings. The molecule has 2 rings (SSSR count). The molecule has 0 spiro atoms. The van der Waals surface area contributed by atoms with Gasteiger partial charge in [0.2, 0.25) is 0 Å². The summed E-state index contributed by atoms with van der Waals surface area (Å²) in [4.78, 5) is 16.8. The van der Waals surface area contributed by atoms with Crippen LogP contribution in [-0.2, 0) is 9.63 Å². The number of hydrogen-bond acceptors (Lipinski definition) is 3. The molecular weight excluding hydrogens is 344 g/mol. The summed E-state index contributed by atoms with van der Waals surface area (Å²) in [5.41, 5.74) is 1.94. The van der Waals surface area contributed by atoms with E-state index in [9.17, 15) is 4.79 Å². The number of carbonyl (C=O) groups excluding carboxylic acids is 1. The second kappa shape index (κ2) is 8.34. The lowest BCUT2D eigenvalue weighted by Crippen LogP contribution is -2.29. The van der Waals surface area contributed by atoms with Crippen LogP contribution < -0.4 is 5.32 Å². The quantitative estimate of drug-likeness (QED) is 0.630. The van der Waals surface area contributed by atoms with Crippen LogP contribution in [0.2, 0.25) is 0 Å². The van der Waals surface area contributed by atoms with Crippen molar-refractivity contribution in [2.75, 3.05) is 6.61 Å². The first-order valence-corrected chi connectivity index (χ1v) is 7.70. The first kappa shape index (κ1) is 16.2. The zero-order valence-electron chi connectivity index (χ0n) is 12.2. The van der Waals surface area contributed by atoms with Crippen molar-refractivity contribution >= 4 is 28.1 Å². The van der Waals surface area contributed by atoms with Crippen molar-refractivity contribution < 1.29 is 9.63 Å². The molecule has 0 aliphatic heterocycles. The number of amides is 1. The molecule has 0 bridgehead atoms. The van der Waals surface area contributed by atoms with E-state index in [4.69, 9.17) is 4.84 Å². The van der Waals surface area contributed by atoms with Crippen LogP contribution in [0.1, 0.15) is 24.1 Å². The van der Waals surface area contributed by atoms with E-state index in [-0.39, 0.29) is 18.6 Å². The number of benzene rings is 2. The van der Waals surface area contributed by atoms with Gasteiger partial charge in [-0.25, -0.2) is 0 Å². The lowest BCUT2D eigenvalue weighted by atomic mass is 10.1. The first-order chi connectivity index (χ1) is 10.7. The summed E-state index contributed by atoms with van der Waals surface area (Å²) in [7, 11) is 0. The van der Waals surface area contributed by atoms with Crippen LogP contribution in [0, 0.1) is 0 Å². The minimum absolute atomic E-state index is 0.0652. The van der Waals surface area contributed by atoms with Gasteiger partial charge in [-0.1, -0.05) is 69.6 Å². The summed E-state index contributed by atoms with van der Waals surface area (Å²) in [5, 5.41) is 6.67. The van der Waals surface area contributed by atoms with E-state index in [1.807, 2.05) is 61.5 Å². The lowest BCUT2D eigenvalue weighted by molar-refractivity contribution is -0.126. The Morgan fingerprint density at radius 3 is 2.64 bits per heavy atom. The number of nitrogens with zero attached hydrogens (tertiary/aromatic N) is 1. The van der Waals surface area contributed by atoms with E-state index in [1.165, 1.54) is 0 Å². The monoisotopic (exact) mass is 360 g/mol. The van der Waals surface area contributed by atoms with Crippen LogP contribution in [0.3, 0.4) is 0 Å². The smallest absolute Gasteiger partial charge is 0.261 e. The van der Waals surface area contributed by atoms with Gasteiger partial charge in [-0.2, -0.15) is 0 Å². The fourth-order valence-electron chi connectivity index (χ4n) is 1.88. The maximum absolute atomic E-state index is 11.8. The minimum atomic E-state index is -0.208. The first-order valence-electron chi connectivity index (χ1n) is 6.91. The molecule has 0 radical (unpaired) electrons. The van der Waals surface area contributed by atoms with Gasteiger partial charge < -0.3 is 10.2 Å². The minimum Gasteiger partial charge on any atom is -0.386 e. The summed E-state index contributed by atoms with van der Waals surface area (Å²) in [6.07, 6.45) is 1.57. The Kier molecular flexibility index (Phi) is 6.15. The number of carbonyl (C=O) groups is 1. The molecule has 0 fully saturated rings. The van der Waals surface area contributed by atoms with E-state index in [2.05, 4.69) is 26.4 Å². The third-order valence-corrected chi connectivity index (χ3v) is 3.77. The zero-order chi connectivity index (χ0) is 15.8. The number of rotatable bonds is 6. The van der Waals surface area contributed by atoms with Crippen molar-refractivity contribution in [2.45, 2.75) is 13.0 Å². The summed E-state index contributed by atoms with van der Waals surface area (Å²) in [5.74, 6) is -0.208. The number of nitrogens with one attached hydrogen (secondary N) is 1. The fraction of sp³-hybridized carbons (Fsp3) is 0.176. The molecule has 1 amide bonds. The van der Waals surface area contributed by atoms with Gasteiger partial charge >= 0.3 is 0 Å². The zero-order valence-corrected chi connectivity index (χ0v) is 13.8. The Morgan fingerprint density at radius 1 is 1.23 bits per heavy atom. The van der Waals surface area contributed by atoms with Gasteiger partial charge in [0.1, 0.15) is 0 Å². The highest BCUT2D eigenvalue weighted by atomic mass is 79.9. The van der Waals surface area contributed by atoms with Crippen molar-refractivity contribution in [3.63, 3.8) is 0 Å². The maximum Gasteiger partial charge on any atom is 0.261 e. The second-order valence-electron chi connectivity index (χ2n) is 4.73. The van der Waals surface area contributed by atoms with Crippen LogP contribution in [0.15, 0.2) is 64.2 Å². The van der Waals surface area contributed by atoms with Crippen LogP contribution in [0.5, 0.6) is 0 Å². The standard InChI is InChI=1S/C17H17BrN2O2/c1-13(14-7-3-2-4-8-14)20-17(21)12-22-19-11-15-9-5-6-10-16(15)18/h2-11,13H,12H2,1H3,(H,20,21)/b19-11-/t13-/m1/s1. The maximum atomic E-state index is 11.8. The molecule has 0 unspecified atom stereocenters. The van der Waals surface area contributed by atoms with Crippen molar-refractivity contribution in [1.29, 1.82) is 0 Å². The Balaban J connectivity index is 1.77. The molecule has 0 saturated carbocycles. The molecule has 0 saturated heterocycles. The van der Waals surface area contributed by atoms with Crippen LogP contribution in [0.25, 0.3) is 0 Å². The lowest BCUT2D eigenvalue weighted by Gasteiger charge is -2.13. The Bertz CT molecular complexity index is 644. The van der Waals surface area contributed by atoms with Gasteiger partial charge in [-0.15, -0.1) is 0 Å². The fourth-order valence-corrected chi connectivity index (χ4v) is 2.27. The van der Waals surface area contributed by atoms with Gasteiger partial charge in [0, 0.05) is 10.0 Å². The van der Waals surface area contributed by atoms with E-state index in [0.717, 1.165) is 15.6 Å². The molecular formula is C17H17BrN2O2.